The first-order valence-electron chi connectivity index (χ1n) is 14.0. The van der Waals surface area contributed by atoms with Gasteiger partial charge >= 0.3 is 0 Å². The molecule has 1 aromatic heterocycles. The minimum absolute atomic E-state index is 0.0128. The molecule has 1 saturated heterocycles. The number of carbonyl (C=O) groups is 2. The summed E-state index contributed by atoms with van der Waals surface area (Å²) in [5, 5.41) is 13.4. The number of H-pyrrole nitrogens is 1. The number of carbonyl (C=O) groups excluding carboxylic acids is 2. The zero-order chi connectivity index (χ0) is 29.1. The number of hydrogen-bond donors (Lipinski definition) is 2. The fourth-order valence-electron chi connectivity index (χ4n) is 5.52. The van der Waals surface area contributed by atoms with Crippen LogP contribution in [0.3, 0.4) is 0 Å². The second-order valence-corrected chi connectivity index (χ2v) is 11.0. The predicted molar refractivity (Wildman–Crippen MR) is 156 cm³/mol. The second-order valence-electron chi connectivity index (χ2n) is 10.6. The van der Waals surface area contributed by atoms with E-state index in [2.05, 4.69) is 49.9 Å². The minimum atomic E-state index is -0.498. The standard InChI is InChI=1S/C31H30ClFN6O3/c32-25-8-7-24(33)17-23(25)19-39-26-18-22(6-9-27(26)42-30-28(31(39)41)35-37-36-30)29(40)34-12-15-38-13-10-21(11-14-38)16-20-4-2-1-3-5-20/h1-9,17-18,21H,10-16,19H2,(H,34,40)(H,35,36,37). The van der Waals surface area contributed by atoms with Gasteiger partial charge in [-0.2, -0.15) is 0 Å². The number of aromatic nitrogens is 3. The average molecular weight is 589 g/mol. The fourth-order valence-corrected chi connectivity index (χ4v) is 5.69. The molecule has 0 radical (unpaired) electrons. The van der Waals surface area contributed by atoms with E-state index in [9.17, 15) is 14.0 Å². The Morgan fingerprint density at radius 2 is 1.90 bits per heavy atom. The van der Waals surface area contributed by atoms with Crippen LogP contribution in [0.1, 0.15) is 44.8 Å². The van der Waals surface area contributed by atoms with Crippen LogP contribution in [0, 0.1) is 11.7 Å². The van der Waals surface area contributed by atoms with Gasteiger partial charge in [-0.25, -0.2) is 9.49 Å². The molecule has 4 aromatic rings. The zero-order valence-electron chi connectivity index (χ0n) is 22.9. The molecule has 3 heterocycles. The first-order chi connectivity index (χ1) is 20.4. The Morgan fingerprint density at radius 1 is 1.10 bits per heavy atom. The summed E-state index contributed by atoms with van der Waals surface area (Å²) in [6, 6.07) is 19.4. The molecule has 2 N–H and O–H groups in total. The molecular formula is C31H30ClFN6O3. The van der Waals surface area contributed by atoms with Gasteiger partial charge in [-0.05, 0) is 85.8 Å². The number of hydrogen-bond acceptors (Lipinski definition) is 6. The third-order valence-corrected chi connectivity index (χ3v) is 8.19. The van der Waals surface area contributed by atoms with Gasteiger partial charge in [0, 0.05) is 23.7 Å². The molecule has 0 aliphatic carbocycles. The molecule has 42 heavy (non-hydrogen) atoms. The number of aromatic amines is 1. The molecule has 0 bridgehead atoms. The first-order valence-corrected chi connectivity index (χ1v) is 14.4. The lowest BCUT2D eigenvalue weighted by Gasteiger charge is -2.32. The molecule has 2 aliphatic heterocycles. The van der Waals surface area contributed by atoms with Crippen molar-refractivity contribution < 1.29 is 18.7 Å². The number of amides is 2. The number of ether oxygens (including phenoxy) is 1. The molecule has 9 nitrogen and oxygen atoms in total. The van der Waals surface area contributed by atoms with Crippen LogP contribution >= 0.6 is 11.6 Å². The van der Waals surface area contributed by atoms with E-state index in [-0.39, 0.29) is 24.0 Å². The van der Waals surface area contributed by atoms with E-state index in [4.69, 9.17) is 16.3 Å². The molecule has 216 valence electrons. The highest BCUT2D eigenvalue weighted by Gasteiger charge is 2.32. The van der Waals surface area contributed by atoms with Crippen molar-refractivity contribution in [3.63, 3.8) is 0 Å². The van der Waals surface area contributed by atoms with E-state index in [0.29, 0.717) is 40.0 Å². The molecule has 6 rings (SSSR count). The molecular weight excluding hydrogens is 559 g/mol. The van der Waals surface area contributed by atoms with Crippen LogP contribution in [0.25, 0.3) is 0 Å². The number of likely N-dealkylation sites (tertiary alicyclic amines) is 1. The molecule has 0 atom stereocenters. The van der Waals surface area contributed by atoms with Crippen LogP contribution in [-0.4, -0.2) is 58.3 Å². The van der Waals surface area contributed by atoms with Gasteiger partial charge < -0.3 is 15.0 Å². The van der Waals surface area contributed by atoms with Crippen LogP contribution in [-0.2, 0) is 13.0 Å². The van der Waals surface area contributed by atoms with E-state index in [1.54, 1.807) is 18.2 Å². The van der Waals surface area contributed by atoms with E-state index in [1.807, 2.05) is 6.07 Å². The van der Waals surface area contributed by atoms with Crippen LogP contribution in [0.2, 0.25) is 5.02 Å². The number of piperidine rings is 1. The lowest BCUT2D eigenvalue weighted by Crippen LogP contribution is -2.40. The maximum atomic E-state index is 14.0. The third-order valence-electron chi connectivity index (χ3n) is 7.82. The molecule has 0 saturated carbocycles. The highest BCUT2D eigenvalue weighted by atomic mass is 35.5. The maximum Gasteiger partial charge on any atom is 0.282 e. The highest BCUT2D eigenvalue weighted by Crippen LogP contribution is 2.39. The Kier molecular flexibility index (Phi) is 8.16. The van der Waals surface area contributed by atoms with Gasteiger partial charge in [-0.1, -0.05) is 52.2 Å². The summed E-state index contributed by atoms with van der Waals surface area (Å²) in [7, 11) is 0. The van der Waals surface area contributed by atoms with Crippen molar-refractivity contribution in [1.82, 2.24) is 25.6 Å². The van der Waals surface area contributed by atoms with Crippen molar-refractivity contribution in [2.24, 2.45) is 5.92 Å². The van der Waals surface area contributed by atoms with Crippen LogP contribution in [0.5, 0.6) is 11.6 Å². The Morgan fingerprint density at radius 3 is 2.71 bits per heavy atom. The van der Waals surface area contributed by atoms with Gasteiger partial charge in [0.05, 0.1) is 12.2 Å². The number of benzene rings is 3. The average Bonchev–Trinajstić information content (AvgIpc) is 3.43. The van der Waals surface area contributed by atoms with Crippen molar-refractivity contribution in [3.05, 3.63) is 100.0 Å². The Hall–Kier alpha value is -4.28. The summed E-state index contributed by atoms with van der Waals surface area (Å²) in [4.78, 5) is 30.4. The zero-order valence-corrected chi connectivity index (χ0v) is 23.6. The number of anilines is 1. The van der Waals surface area contributed by atoms with Gasteiger partial charge in [-0.3, -0.25) is 14.5 Å². The van der Waals surface area contributed by atoms with Gasteiger partial charge in [0.2, 0.25) is 0 Å². The quantitative estimate of drug-likeness (QED) is 0.292. The molecule has 2 amide bonds. The summed E-state index contributed by atoms with van der Waals surface area (Å²) >= 11 is 6.32. The Labute approximate surface area is 247 Å². The summed E-state index contributed by atoms with van der Waals surface area (Å²) in [6.45, 7) is 3.21. The molecule has 0 spiro atoms. The van der Waals surface area contributed by atoms with E-state index in [1.165, 1.54) is 28.7 Å². The van der Waals surface area contributed by atoms with Crippen LogP contribution in [0.15, 0.2) is 66.7 Å². The monoisotopic (exact) mass is 588 g/mol. The SMILES string of the molecule is O=C(NCCN1CCC(Cc2ccccc2)CC1)c1ccc2c(c1)N(Cc1cc(F)ccc1Cl)C(=O)c1[nH]nnc1O2. The lowest BCUT2D eigenvalue weighted by molar-refractivity contribution is 0.0941. The van der Waals surface area contributed by atoms with E-state index >= 15 is 0 Å². The smallest absolute Gasteiger partial charge is 0.282 e. The fraction of sp³-hybridized carbons (Fsp3) is 0.290. The number of rotatable bonds is 8. The number of halogens is 2. The van der Waals surface area contributed by atoms with Crippen molar-refractivity contribution in [2.75, 3.05) is 31.1 Å². The summed E-state index contributed by atoms with van der Waals surface area (Å²) in [6.07, 6.45) is 3.38. The topological polar surface area (TPSA) is 103 Å². The molecule has 0 unspecified atom stereocenters. The van der Waals surface area contributed by atoms with Gasteiger partial charge in [0.1, 0.15) is 5.82 Å². The van der Waals surface area contributed by atoms with Gasteiger partial charge in [0.15, 0.2) is 11.4 Å². The lowest BCUT2D eigenvalue weighted by atomic mass is 9.90. The van der Waals surface area contributed by atoms with Crippen molar-refractivity contribution in [1.29, 1.82) is 0 Å². The summed E-state index contributed by atoms with van der Waals surface area (Å²) in [5.74, 6) is -0.249. The van der Waals surface area contributed by atoms with Gasteiger partial charge in [0.25, 0.3) is 17.7 Å². The van der Waals surface area contributed by atoms with E-state index in [0.717, 1.165) is 38.9 Å². The van der Waals surface area contributed by atoms with Gasteiger partial charge in [-0.15, -0.1) is 0 Å². The van der Waals surface area contributed by atoms with Crippen molar-refractivity contribution in [2.45, 2.75) is 25.8 Å². The Bertz CT molecular complexity index is 1590. The minimum Gasteiger partial charge on any atom is -0.434 e. The normalized spacial score (nSPS) is 15.5. The molecule has 2 aliphatic rings. The number of nitrogens with zero attached hydrogens (tertiary/aromatic N) is 4. The predicted octanol–water partition coefficient (Wildman–Crippen LogP) is 5.23. The van der Waals surface area contributed by atoms with E-state index < -0.39 is 11.7 Å². The first kappa shape index (κ1) is 27.9. The second kappa shape index (κ2) is 12.3. The molecule has 11 heteroatoms. The number of nitrogens with one attached hydrogen (secondary N) is 2. The third kappa shape index (κ3) is 6.14. The summed E-state index contributed by atoms with van der Waals surface area (Å²) < 4.78 is 19.9. The van der Waals surface area contributed by atoms with Crippen LogP contribution in [0.4, 0.5) is 10.1 Å². The molecule has 3 aromatic carbocycles. The number of fused-ring (bicyclic) bond motifs is 2. The maximum absolute atomic E-state index is 14.0. The largest absolute Gasteiger partial charge is 0.434 e. The van der Waals surface area contributed by atoms with Crippen molar-refractivity contribution >= 4 is 29.1 Å². The van der Waals surface area contributed by atoms with Crippen LogP contribution < -0.4 is 15.0 Å². The highest BCUT2D eigenvalue weighted by molar-refractivity contribution is 6.31. The Balaban J connectivity index is 1.11. The summed E-state index contributed by atoms with van der Waals surface area (Å²) in [5.41, 5.74) is 2.51. The molecule has 1 fully saturated rings. The van der Waals surface area contributed by atoms with Crippen molar-refractivity contribution in [3.8, 4) is 11.6 Å².